The Morgan fingerprint density at radius 1 is 1.23 bits per heavy atom. The van der Waals surface area contributed by atoms with E-state index < -0.39 is 17.3 Å². The molecular formula is C22H28O4. The summed E-state index contributed by atoms with van der Waals surface area (Å²) in [6.45, 7) is 4.63. The molecule has 0 bridgehead atoms. The largest absolute Gasteiger partial charge is 0.468 e. The van der Waals surface area contributed by atoms with Crippen molar-refractivity contribution in [2.45, 2.75) is 52.2 Å². The fraction of sp³-hybridized carbons (Fsp3) is 0.545. The molecule has 0 aromatic heterocycles. The monoisotopic (exact) mass is 356 g/mol. The van der Waals surface area contributed by atoms with Crippen LogP contribution in [0.4, 0.5) is 0 Å². The van der Waals surface area contributed by atoms with Crippen molar-refractivity contribution >= 4 is 11.8 Å². The highest BCUT2D eigenvalue weighted by Crippen LogP contribution is 2.48. The molecule has 1 saturated carbocycles. The number of hydrogen-bond donors (Lipinski definition) is 0. The number of carbonyl (C=O) groups is 2. The third-order valence-corrected chi connectivity index (χ3v) is 6.05. The number of esters is 1. The molecule has 26 heavy (non-hydrogen) atoms. The number of ether oxygens (including phenoxy) is 2. The Morgan fingerprint density at radius 2 is 1.96 bits per heavy atom. The quantitative estimate of drug-likeness (QED) is 0.463. The van der Waals surface area contributed by atoms with Gasteiger partial charge in [-0.05, 0) is 38.2 Å². The summed E-state index contributed by atoms with van der Waals surface area (Å²) in [5.41, 5.74) is 1.84. The SMILES string of the molecule is COC(=O)C1CC[C@H](OCc2ccccc2)C2C=C(C)CC[C@]2(C)C1=O. The van der Waals surface area contributed by atoms with E-state index >= 15 is 0 Å². The Bertz CT molecular complexity index is 693. The first-order valence-electron chi connectivity index (χ1n) is 9.40. The molecule has 4 nitrogen and oxygen atoms in total. The van der Waals surface area contributed by atoms with E-state index in [9.17, 15) is 9.59 Å². The normalized spacial score (nSPS) is 31.6. The van der Waals surface area contributed by atoms with Crippen LogP contribution in [-0.2, 0) is 25.7 Å². The van der Waals surface area contributed by atoms with Crippen molar-refractivity contribution in [3.63, 3.8) is 0 Å². The molecule has 1 fully saturated rings. The summed E-state index contributed by atoms with van der Waals surface area (Å²) in [7, 11) is 1.36. The molecule has 0 heterocycles. The summed E-state index contributed by atoms with van der Waals surface area (Å²) < 4.78 is 11.2. The molecular weight excluding hydrogens is 328 g/mol. The minimum atomic E-state index is -0.676. The summed E-state index contributed by atoms with van der Waals surface area (Å²) >= 11 is 0. The van der Waals surface area contributed by atoms with Gasteiger partial charge in [0.25, 0.3) is 0 Å². The molecule has 140 valence electrons. The molecule has 0 N–H and O–H groups in total. The average molecular weight is 356 g/mol. The summed E-state index contributed by atoms with van der Waals surface area (Å²) in [5.74, 6) is -1.07. The smallest absolute Gasteiger partial charge is 0.316 e. The zero-order valence-corrected chi connectivity index (χ0v) is 15.9. The lowest BCUT2D eigenvalue weighted by atomic mass is 9.63. The summed E-state index contributed by atoms with van der Waals surface area (Å²) in [5, 5.41) is 0. The lowest BCUT2D eigenvalue weighted by Gasteiger charge is -2.41. The lowest BCUT2D eigenvalue weighted by Crippen LogP contribution is -2.45. The van der Waals surface area contributed by atoms with Gasteiger partial charge in [-0.15, -0.1) is 0 Å². The van der Waals surface area contributed by atoms with Gasteiger partial charge in [0.1, 0.15) is 5.92 Å². The number of carbonyl (C=O) groups excluding carboxylic acids is 2. The Labute approximate surface area is 155 Å². The van der Waals surface area contributed by atoms with E-state index in [1.54, 1.807) is 0 Å². The standard InChI is InChI=1S/C22H28O4/c1-15-11-12-22(2)18(13-15)19(26-14-16-7-5-4-6-8-16)10-9-17(20(22)23)21(24)25-3/h4-8,13,17-19H,9-12,14H2,1-3H3/t17?,18?,19-,22-/m0/s1. The first kappa shape index (κ1) is 18.8. The van der Waals surface area contributed by atoms with E-state index in [0.717, 1.165) is 18.4 Å². The molecule has 1 aromatic rings. The Morgan fingerprint density at radius 3 is 2.65 bits per heavy atom. The van der Waals surface area contributed by atoms with Crippen molar-refractivity contribution in [3.8, 4) is 0 Å². The first-order chi connectivity index (χ1) is 12.5. The maximum atomic E-state index is 13.2. The molecule has 1 aromatic carbocycles. The number of rotatable bonds is 4. The molecule has 2 aliphatic rings. The van der Waals surface area contributed by atoms with Crippen molar-refractivity contribution < 1.29 is 19.1 Å². The molecule has 4 atom stereocenters. The number of fused-ring (bicyclic) bond motifs is 1. The van der Waals surface area contributed by atoms with Crippen molar-refractivity contribution in [1.29, 1.82) is 0 Å². The third kappa shape index (κ3) is 3.61. The van der Waals surface area contributed by atoms with Crippen LogP contribution in [0, 0.1) is 17.3 Å². The second-order valence-corrected chi connectivity index (χ2v) is 7.81. The maximum absolute atomic E-state index is 13.2. The van der Waals surface area contributed by atoms with Crippen LogP contribution in [0.1, 0.15) is 45.1 Å². The number of Topliss-reactive ketones (excluding diaryl/α,β-unsaturated/α-hetero) is 1. The molecule has 3 rings (SSSR count). The van der Waals surface area contributed by atoms with E-state index in [2.05, 4.69) is 13.0 Å². The highest BCUT2D eigenvalue weighted by Gasteiger charge is 2.52. The van der Waals surface area contributed by atoms with Crippen LogP contribution in [-0.4, -0.2) is 25.0 Å². The summed E-state index contributed by atoms with van der Waals surface area (Å²) in [4.78, 5) is 25.4. The van der Waals surface area contributed by atoms with E-state index in [1.807, 2.05) is 37.3 Å². The second-order valence-electron chi connectivity index (χ2n) is 7.81. The minimum Gasteiger partial charge on any atom is -0.468 e. The van der Waals surface area contributed by atoms with Gasteiger partial charge < -0.3 is 9.47 Å². The number of hydrogen-bond acceptors (Lipinski definition) is 4. The summed E-state index contributed by atoms with van der Waals surface area (Å²) in [6, 6.07) is 10.1. The van der Waals surface area contributed by atoms with Crippen molar-refractivity contribution in [1.82, 2.24) is 0 Å². The minimum absolute atomic E-state index is 0.00196. The Balaban J connectivity index is 1.87. The lowest BCUT2D eigenvalue weighted by molar-refractivity contribution is -0.153. The highest BCUT2D eigenvalue weighted by atomic mass is 16.5. The number of methoxy groups -OCH3 is 1. The number of benzene rings is 1. The Kier molecular flexibility index (Phi) is 5.61. The van der Waals surface area contributed by atoms with Crippen molar-refractivity contribution in [2.75, 3.05) is 7.11 Å². The average Bonchev–Trinajstić information content (AvgIpc) is 2.76. The van der Waals surface area contributed by atoms with Crippen LogP contribution in [0.2, 0.25) is 0 Å². The van der Waals surface area contributed by atoms with Crippen molar-refractivity contribution in [3.05, 3.63) is 47.5 Å². The fourth-order valence-electron chi connectivity index (χ4n) is 4.37. The topological polar surface area (TPSA) is 52.6 Å². The molecule has 0 radical (unpaired) electrons. The molecule has 0 amide bonds. The van der Waals surface area contributed by atoms with E-state index in [1.165, 1.54) is 12.7 Å². The van der Waals surface area contributed by atoms with Crippen LogP contribution >= 0.6 is 0 Å². The predicted molar refractivity (Wildman–Crippen MR) is 99.4 cm³/mol. The van der Waals surface area contributed by atoms with E-state index in [-0.39, 0.29) is 17.8 Å². The van der Waals surface area contributed by atoms with Crippen LogP contribution < -0.4 is 0 Å². The zero-order chi connectivity index (χ0) is 18.7. The van der Waals surface area contributed by atoms with Crippen LogP contribution in [0.5, 0.6) is 0 Å². The van der Waals surface area contributed by atoms with Gasteiger partial charge in [-0.25, -0.2) is 0 Å². The van der Waals surface area contributed by atoms with Crippen LogP contribution in [0.25, 0.3) is 0 Å². The third-order valence-electron chi connectivity index (χ3n) is 6.05. The summed E-state index contributed by atoms with van der Waals surface area (Å²) in [6.07, 6.45) is 4.95. The van der Waals surface area contributed by atoms with Gasteiger partial charge in [-0.1, -0.05) is 48.9 Å². The second kappa shape index (κ2) is 7.75. The molecule has 2 aliphatic carbocycles. The van der Waals surface area contributed by atoms with Gasteiger partial charge in [0.05, 0.1) is 19.8 Å². The van der Waals surface area contributed by atoms with E-state index in [0.29, 0.717) is 19.4 Å². The fourth-order valence-corrected chi connectivity index (χ4v) is 4.37. The molecule has 2 unspecified atom stereocenters. The highest BCUT2D eigenvalue weighted by molar-refractivity contribution is 6.02. The maximum Gasteiger partial charge on any atom is 0.316 e. The van der Waals surface area contributed by atoms with Crippen LogP contribution in [0.3, 0.4) is 0 Å². The Hall–Kier alpha value is -1.94. The number of ketones is 1. The van der Waals surface area contributed by atoms with E-state index in [4.69, 9.17) is 9.47 Å². The van der Waals surface area contributed by atoms with Gasteiger partial charge in [-0.2, -0.15) is 0 Å². The zero-order valence-electron chi connectivity index (χ0n) is 15.9. The first-order valence-corrected chi connectivity index (χ1v) is 9.40. The van der Waals surface area contributed by atoms with Gasteiger partial charge in [-0.3, -0.25) is 9.59 Å². The predicted octanol–water partition coefficient (Wildman–Crippen LogP) is 4.09. The molecule has 0 spiro atoms. The van der Waals surface area contributed by atoms with Gasteiger partial charge in [0, 0.05) is 11.3 Å². The van der Waals surface area contributed by atoms with Gasteiger partial charge in [0.15, 0.2) is 5.78 Å². The van der Waals surface area contributed by atoms with Crippen molar-refractivity contribution in [2.24, 2.45) is 17.3 Å². The molecule has 0 saturated heterocycles. The number of allylic oxidation sites excluding steroid dienone is 1. The van der Waals surface area contributed by atoms with Gasteiger partial charge in [0.2, 0.25) is 0 Å². The molecule has 0 aliphatic heterocycles. The van der Waals surface area contributed by atoms with Crippen LogP contribution in [0.15, 0.2) is 42.0 Å². The molecule has 4 heteroatoms. The van der Waals surface area contributed by atoms with Gasteiger partial charge >= 0.3 is 5.97 Å².